The predicted molar refractivity (Wildman–Crippen MR) is 61.5 cm³/mol. The molecule has 1 fully saturated rings. The Hall–Kier alpha value is -0.550. The third-order valence-corrected chi connectivity index (χ3v) is 4.08. The highest BCUT2D eigenvalue weighted by Gasteiger charge is 2.33. The fraction of sp³-hybridized carbons (Fsp3) is 0.500. The van der Waals surface area contributed by atoms with E-state index in [4.69, 9.17) is 4.74 Å². The van der Waals surface area contributed by atoms with E-state index in [2.05, 4.69) is 15.9 Å². The van der Waals surface area contributed by atoms with Crippen molar-refractivity contribution in [1.82, 2.24) is 0 Å². The minimum Gasteiger partial charge on any atom is -0.376 e. The topological polar surface area (TPSA) is 9.23 Å². The van der Waals surface area contributed by atoms with Crippen molar-refractivity contribution < 1.29 is 17.9 Å². The van der Waals surface area contributed by atoms with E-state index < -0.39 is 22.3 Å². The van der Waals surface area contributed by atoms with Crippen LogP contribution in [0.1, 0.15) is 23.7 Å². The van der Waals surface area contributed by atoms with Crippen molar-refractivity contribution in [2.24, 2.45) is 5.92 Å². The Morgan fingerprint density at radius 3 is 2.47 bits per heavy atom. The monoisotopic (exact) mass is 308 g/mol. The second-order valence-electron chi connectivity index (χ2n) is 4.29. The van der Waals surface area contributed by atoms with Gasteiger partial charge in [0.05, 0.1) is 10.9 Å². The number of alkyl halides is 1. The maximum absolute atomic E-state index is 13.6. The van der Waals surface area contributed by atoms with E-state index in [0.717, 1.165) is 12.5 Å². The first-order valence-electron chi connectivity index (χ1n) is 5.41. The first-order chi connectivity index (χ1) is 8.00. The molecule has 1 aliphatic rings. The van der Waals surface area contributed by atoms with E-state index in [0.29, 0.717) is 12.7 Å². The van der Waals surface area contributed by atoms with E-state index in [1.54, 1.807) is 0 Å². The lowest BCUT2D eigenvalue weighted by Gasteiger charge is -2.21. The van der Waals surface area contributed by atoms with Crippen molar-refractivity contribution in [3.05, 3.63) is 35.1 Å². The lowest BCUT2D eigenvalue weighted by atomic mass is 9.97. The van der Waals surface area contributed by atoms with Crippen LogP contribution >= 0.6 is 15.9 Å². The standard InChI is InChI=1S/C12H12BrF3O/c1-6-2-3-17-12(6)11(13)7-4-9(15)10(16)5-8(7)14/h4-6,11-12H,2-3H2,1H3. The van der Waals surface area contributed by atoms with E-state index in [-0.39, 0.29) is 17.6 Å². The van der Waals surface area contributed by atoms with Gasteiger partial charge in [0.2, 0.25) is 0 Å². The molecule has 1 aliphatic heterocycles. The molecular formula is C12H12BrF3O. The Kier molecular flexibility index (Phi) is 3.78. The molecule has 0 amide bonds. The summed E-state index contributed by atoms with van der Waals surface area (Å²) in [5, 5.41) is 0. The van der Waals surface area contributed by atoms with Crippen LogP contribution in [-0.2, 0) is 4.74 Å². The van der Waals surface area contributed by atoms with Crippen LogP contribution in [0.15, 0.2) is 12.1 Å². The van der Waals surface area contributed by atoms with Gasteiger partial charge in [0.15, 0.2) is 11.6 Å². The molecule has 3 unspecified atom stereocenters. The summed E-state index contributed by atoms with van der Waals surface area (Å²) in [6.07, 6.45) is 0.673. The zero-order chi connectivity index (χ0) is 12.6. The Morgan fingerprint density at radius 1 is 1.24 bits per heavy atom. The van der Waals surface area contributed by atoms with Crippen LogP contribution in [0.25, 0.3) is 0 Å². The van der Waals surface area contributed by atoms with Crippen LogP contribution < -0.4 is 0 Å². The van der Waals surface area contributed by atoms with E-state index >= 15 is 0 Å². The summed E-state index contributed by atoms with van der Waals surface area (Å²) in [6.45, 7) is 2.60. The van der Waals surface area contributed by atoms with Crippen molar-refractivity contribution in [2.75, 3.05) is 6.61 Å². The number of ether oxygens (including phenoxy) is 1. The van der Waals surface area contributed by atoms with Crippen LogP contribution in [0.2, 0.25) is 0 Å². The number of halogens is 4. The lowest BCUT2D eigenvalue weighted by Crippen LogP contribution is -2.20. The smallest absolute Gasteiger partial charge is 0.161 e. The maximum atomic E-state index is 13.6. The molecule has 0 radical (unpaired) electrons. The molecule has 0 saturated carbocycles. The normalized spacial score (nSPS) is 26.2. The fourth-order valence-corrected chi connectivity index (χ4v) is 3.04. The van der Waals surface area contributed by atoms with Crippen LogP contribution in [0.3, 0.4) is 0 Å². The van der Waals surface area contributed by atoms with Gasteiger partial charge < -0.3 is 4.74 Å². The predicted octanol–water partition coefficient (Wildman–Crippen LogP) is 3.96. The van der Waals surface area contributed by atoms with Crippen molar-refractivity contribution in [2.45, 2.75) is 24.3 Å². The van der Waals surface area contributed by atoms with Gasteiger partial charge in [-0.2, -0.15) is 0 Å². The van der Waals surface area contributed by atoms with Gasteiger partial charge in [-0.3, -0.25) is 0 Å². The highest BCUT2D eigenvalue weighted by atomic mass is 79.9. The minimum absolute atomic E-state index is 0.0997. The van der Waals surface area contributed by atoms with Gasteiger partial charge in [-0.1, -0.05) is 22.9 Å². The van der Waals surface area contributed by atoms with Gasteiger partial charge >= 0.3 is 0 Å². The van der Waals surface area contributed by atoms with Crippen LogP contribution in [0, 0.1) is 23.4 Å². The number of benzene rings is 1. The third-order valence-electron chi connectivity index (χ3n) is 3.07. The van der Waals surface area contributed by atoms with Gasteiger partial charge in [0, 0.05) is 18.2 Å². The first-order valence-corrected chi connectivity index (χ1v) is 6.32. The SMILES string of the molecule is CC1CCOC1C(Br)c1cc(F)c(F)cc1F. The molecule has 0 N–H and O–H groups in total. The van der Waals surface area contributed by atoms with Gasteiger partial charge in [-0.15, -0.1) is 0 Å². The Balaban J connectivity index is 2.30. The highest BCUT2D eigenvalue weighted by molar-refractivity contribution is 9.09. The second kappa shape index (κ2) is 4.98. The van der Waals surface area contributed by atoms with Gasteiger partial charge in [0.1, 0.15) is 5.82 Å². The Morgan fingerprint density at radius 2 is 1.88 bits per heavy atom. The zero-order valence-corrected chi connectivity index (χ0v) is 10.8. The maximum Gasteiger partial charge on any atom is 0.161 e. The molecule has 2 rings (SSSR count). The summed E-state index contributed by atoms with van der Waals surface area (Å²) in [7, 11) is 0. The van der Waals surface area contributed by atoms with Crippen molar-refractivity contribution in [3.8, 4) is 0 Å². The molecule has 1 heterocycles. The zero-order valence-electron chi connectivity index (χ0n) is 9.22. The summed E-state index contributed by atoms with van der Waals surface area (Å²) in [4.78, 5) is -0.463. The Bertz CT molecular complexity index is 424. The Labute approximate surface area is 106 Å². The van der Waals surface area contributed by atoms with E-state index in [9.17, 15) is 13.2 Å². The summed E-state index contributed by atoms with van der Waals surface area (Å²) >= 11 is 3.31. The fourth-order valence-electron chi connectivity index (χ4n) is 2.02. The molecule has 0 aliphatic carbocycles. The molecule has 0 spiro atoms. The van der Waals surface area contributed by atoms with Crippen LogP contribution in [0.5, 0.6) is 0 Å². The molecule has 0 aromatic heterocycles. The van der Waals surface area contributed by atoms with Crippen molar-refractivity contribution in [1.29, 1.82) is 0 Å². The first kappa shape index (κ1) is 12.9. The van der Waals surface area contributed by atoms with E-state index in [1.165, 1.54) is 0 Å². The number of rotatable bonds is 2. The van der Waals surface area contributed by atoms with Crippen molar-refractivity contribution >= 4 is 15.9 Å². The third kappa shape index (κ3) is 2.50. The van der Waals surface area contributed by atoms with Crippen LogP contribution in [0.4, 0.5) is 13.2 Å². The number of hydrogen-bond donors (Lipinski definition) is 0. The van der Waals surface area contributed by atoms with Gasteiger partial charge in [0.25, 0.3) is 0 Å². The molecule has 5 heteroatoms. The summed E-state index contributed by atoms with van der Waals surface area (Å²) < 4.78 is 45.0. The van der Waals surface area contributed by atoms with Gasteiger partial charge in [-0.25, -0.2) is 13.2 Å². The molecule has 1 aromatic carbocycles. The molecule has 3 atom stereocenters. The molecule has 17 heavy (non-hydrogen) atoms. The summed E-state index contributed by atoms with van der Waals surface area (Å²) in [5.41, 5.74) is 0.0997. The summed E-state index contributed by atoms with van der Waals surface area (Å²) in [6, 6.07) is 1.46. The summed E-state index contributed by atoms with van der Waals surface area (Å²) in [5.74, 6) is -2.72. The second-order valence-corrected chi connectivity index (χ2v) is 5.28. The minimum atomic E-state index is -1.17. The molecule has 0 bridgehead atoms. The number of hydrogen-bond acceptors (Lipinski definition) is 1. The average molecular weight is 309 g/mol. The molecular weight excluding hydrogens is 297 g/mol. The van der Waals surface area contributed by atoms with Crippen molar-refractivity contribution in [3.63, 3.8) is 0 Å². The highest BCUT2D eigenvalue weighted by Crippen LogP contribution is 2.38. The molecule has 94 valence electrons. The molecule has 1 saturated heterocycles. The largest absolute Gasteiger partial charge is 0.376 e. The average Bonchev–Trinajstić information content (AvgIpc) is 2.69. The molecule has 1 nitrogen and oxygen atoms in total. The van der Waals surface area contributed by atoms with Crippen LogP contribution in [-0.4, -0.2) is 12.7 Å². The molecule has 1 aromatic rings. The van der Waals surface area contributed by atoms with E-state index in [1.807, 2.05) is 6.92 Å². The van der Waals surface area contributed by atoms with Gasteiger partial charge in [-0.05, 0) is 18.4 Å². The quantitative estimate of drug-likeness (QED) is 0.593. The lowest BCUT2D eigenvalue weighted by molar-refractivity contribution is 0.0926.